The maximum atomic E-state index is 12.8. The molecule has 0 aromatic heterocycles. The summed E-state index contributed by atoms with van der Waals surface area (Å²) in [4.78, 5) is 35.6. The summed E-state index contributed by atoms with van der Waals surface area (Å²) in [7, 11) is -5.10. The van der Waals surface area contributed by atoms with Gasteiger partial charge < -0.3 is 15.2 Å². The van der Waals surface area contributed by atoms with Crippen LogP contribution in [0, 0.1) is 14.3 Å². The van der Waals surface area contributed by atoms with Gasteiger partial charge in [0.25, 0.3) is 16.0 Å². The Balaban J connectivity index is 3.08. The van der Waals surface area contributed by atoms with E-state index in [4.69, 9.17) is 4.55 Å². The summed E-state index contributed by atoms with van der Waals surface area (Å²) < 4.78 is 73.9. The zero-order valence-corrected chi connectivity index (χ0v) is 23.8. The van der Waals surface area contributed by atoms with Crippen molar-refractivity contribution in [3.63, 3.8) is 0 Å². The van der Waals surface area contributed by atoms with Crippen LogP contribution < -0.4 is 5.32 Å². The third-order valence-electron chi connectivity index (χ3n) is 3.13. The summed E-state index contributed by atoms with van der Waals surface area (Å²) >= 11 is 7.35. The highest BCUT2D eigenvalue weighted by Gasteiger charge is 2.45. The molecule has 1 aromatic rings. The van der Waals surface area contributed by atoms with Gasteiger partial charge in [-0.25, -0.2) is 9.59 Å². The second kappa shape index (κ2) is 11.4. The molecular weight excluding hydrogens is 907 g/mol. The number of aromatic carboxylic acids is 1. The van der Waals surface area contributed by atoms with Gasteiger partial charge in [0.15, 0.2) is 0 Å². The minimum Gasteiger partial charge on any atom is -0.478 e. The second-order valence-corrected chi connectivity index (χ2v) is 11.1. The fourth-order valence-corrected chi connectivity index (χ4v) is 6.17. The van der Waals surface area contributed by atoms with E-state index < -0.39 is 46.0 Å². The predicted molar refractivity (Wildman–Crippen MR) is 133 cm³/mol. The average Bonchev–Trinajstić information content (AvgIpc) is 2.59. The number of benzene rings is 1. The first-order chi connectivity index (χ1) is 14.0. The first kappa shape index (κ1) is 29.0. The Hall–Kier alpha value is -0.0100. The van der Waals surface area contributed by atoms with Crippen LogP contribution >= 0.6 is 90.4 Å². The summed E-state index contributed by atoms with van der Waals surface area (Å²) in [6, 6.07) is 0. The van der Waals surface area contributed by atoms with Crippen molar-refractivity contribution >= 4 is 118 Å². The number of nitrogens with one attached hydrogen (secondary N) is 1. The molecule has 0 bridgehead atoms. The molecule has 9 nitrogen and oxygen atoms in total. The van der Waals surface area contributed by atoms with Crippen molar-refractivity contribution in [2.45, 2.75) is 12.3 Å². The number of carboxylic acid groups (broad SMARTS) is 1. The lowest BCUT2D eigenvalue weighted by Crippen LogP contribution is -2.39. The fraction of sp³-hybridized carbons (Fsp3) is 0.214. The second-order valence-electron chi connectivity index (χ2n) is 5.33. The van der Waals surface area contributed by atoms with E-state index in [1.54, 1.807) is 45.2 Å². The number of esters is 1. The first-order valence-electron chi connectivity index (χ1n) is 7.26. The van der Waals surface area contributed by atoms with Crippen LogP contribution in [0.25, 0.3) is 0 Å². The molecular formula is C14H8F3I4NO8S. The van der Waals surface area contributed by atoms with E-state index in [2.05, 4.69) is 10.1 Å². The number of carbonyl (C=O) groups is 3. The lowest BCUT2D eigenvalue weighted by molar-refractivity contribution is -0.212. The number of carboxylic acids is 1. The van der Waals surface area contributed by atoms with E-state index in [9.17, 15) is 41.1 Å². The molecule has 0 radical (unpaired) electrons. The molecule has 0 aliphatic carbocycles. The Labute approximate surface area is 227 Å². The van der Waals surface area contributed by atoms with Gasteiger partial charge in [0, 0.05) is 26.6 Å². The molecule has 0 saturated heterocycles. The standard InChI is InChI=1S/C14H8F3I4NO8S/c15-14(16,17)4(3-31(27,28)29)30-5(23)1-2-22-12(24)6-7(13(25)26)9(19)11(21)10(20)8(6)18/h1-2,4H,3H2,(H,22,24)(H,25,26)(H,27,28,29)/b2-1+. The van der Waals surface area contributed by atoms with Crippen LogP contribution in [0.15, 0.2) is 12.3 Å². The van der Waals surface area contributed by atoms with Gasteiger partial charge in [0.2, 0.25) is 6.10 Å². The highest BCUT2D eigenvalue weighted by Crippen LogP contribution is 2.33. The highest BCUT2D eigenvalue weighted by atomic mass is 127. The van der Waals surface area contributed by atoms with Crippen LogP contribution in [0.5, 0.6) is 0 Å². The third-order valence-corrected chi connectivity index (χ3v) is 11.3. The van der Waals surface area contributed by atoms with Crippen molar-refractivity contribution < 1.29 is 50.4 Å². The minimum absolute atomic E-state index is 0.222. The molecule has 31 heavy (non-hydrogen) atoms. The van der Waals surface area contributed by atoms with Crippen LogP contribution in [-0.2, 0) is 19.6 Å². The van der Waals surface area contributed by atoms with Crippen molar-refractivity contribution in [1.82, 2.24) is 5.32 Å². The van der Waals surface area contributed by atoms with Gasteiger partial charge in [-0.1, -0.05) is 0 Å². The van der Waals surface area contributed by atoms with Gasteiger partial charge in [0.05, 0.1) is 11.1 Å². The first-order valence-corrected chi connectivity index (χ1v) is 13.2. The van der Waals surface area contributed by atoms with E-state index in [0.717, 1.165) is 0 Å². The number of carbonyl (C=O) groups excluding carboxylic acids is 2. The van der Waals surface area contributed by atoms with Crippen molar-refractivity contribution in [3.05, 3.63) is 37.7 Å². The van der Waals surface area contributed by atoms with Crippen molar-refractivity contribution in [2.24, 2.45) is 0 Å². The molecule has 0 saturated carbocycles. The smallest absolute Gasteiger partial charge is 0.426 e. The Bertz CT molecular complexity index is 1060. The molecule has 1 amide bonds. The number of hydrogen-bond acceptors (Lipinski definition) is 6. The number of halogens is 7. The van der Waals surface area contributed by atoms with E-state index >= 15 is 0 Å². The molecule has 172 valence electrons. The van der Waals surface area contributed by atoms with Crippen molar-refractivity contribution in [2.75, 3.05) is 5.75 Å². The summed E-state index contributed by atoms with van der Waals surface area (Å²) in [6.45, 7) is 0. The molecule has 3 N–H and O–H groups in total. The van der Waals surface area contributed by atoms with Gasteiger partial charge in [-0.15, -0.1) is 0 Å². The lowest BCUT2D eigenvalue weighted by atomic mass is 10.1. The average molecular weight is 915 g/mol. The highest BCUT2D eigenvalue weighted by molar-refractivity contribution is 14.1. The topological polar surface area (TPSA) is 147 Å². The van der Waals surface area contributed by atoms with Crippen LogP contribution in [0.4, 0.5) is 13.2 Å². The van der Waals surface area contributed by atoms with Gasteiger partial charge in [0.1, 0.15) is 5.75 Å². The van der Waals surface area contributed by atoms with Gasteiger partial charge in [-0.05, 0) is 90.4 Å². The molecule has 1 rings (SSSR count). The third kappa shape index (κ3) is 8.37. The van der Waals surface area contributed by atoms with Crippen molar-refractivity contribution in [3.8, 4) is 0 Å². The summed E-state index contributed by atoms with van der Waals surface area (Å²) in [5.41, 5.74) is -0.520. The molecule has 1 unspecified atom stereocenters. The number of alkyl halides is 3. The molecule has 1 atom stereocenters. The van der Waals surface area contributed by atoms with Gasteiger partial charge >= 0.3 is 18.1 Å². The van der Waals surface area contributed by atoms with E-state index in [0.29, 0.717) is 26.6 Å². The van der Waals surface area contributed by atoms with Crippen LogP contribution in [0.3, 0.4) is 0 Å². The fourth-order valence-electron chi connectivity index (χ4n) is 1.87. The van der Waals surface area contributed by atoms with E-state index in [1.807, 2.05) is 45.2 Å². The van der Waals surface area contributed by atoms with Crippen molar-refractivity contribution in [1.29, 1.82) is 0 Å². The van der Waals surface area contributed by atoms with E-state index in [-0.39, 0.29) is 11.1 Å². The maximum Gasteiger partial charge on any atom is 0.426 e. The van der Waals surface area contributed by atoms with Gasteiger partial charge in [-0.2, -0.15) is 21.6 Å². The SMILES string of the molecule is O=C(/C=C/NC(=O)c1c(I)c(I)c(I)c(I)c1C(=O)O)OC(CS(=O)(=O)O)C(F)(F)F. The number of rotatable bonds is 7. The quantitative estimate of drug-likeness (QED) is 0.0944. The number of ether oxygens (including phenoxy) is 1. The summed E-state index contributed by atoms with van der Waals surface area (Å²) in [6.07, 6.45) is -7.42. The number of hydrogen-bond donors (Lipinski definition) is 3. The predicted octanol–water partition coefficient (Wildman–Crippen LogP) is 3.41. The molecule has 0 aliphatic rings. The normalized spacial score (nSPS) is 13.2. The monoisotopic (exact) mass is 915 g/mol. The number of amides is 1. The molecule has 1 aromatic carbocycles. The Morgan fingerprint density at radius 3 is 1.94 bits per heavy atom. The van der Waals surface area contributed by atoms with Gasteiger partial charge in [-0.3, -0.25) is 9.35 Å². The zero-order chi connectivity index (χ0) is 24.3. The maximum absolute atomic E-state index is 12.8. The minimum atomic E-state index is -5.27. The molecule has 17 heteroatoms. The Kier molecular flexibility index (Phi) is 10.7. The van der Waals surface area contributed by atoms with Crippen LogP contribution in [0.1, 0.15) is 20.7 Å². The Morgan fingerprint density at radius 2 is 1.52 bits per heavy atom. The Morgan fingerprint density at radius 1 is 1.03 bits per heavy atom. The molecule has 0 aliphatic heterocycles. The summed E-state index contributed by atoms with van der Waals surface area (Å²) in [5.74, 6) is -5.90. The van der Waals surface area contributed by atoms with E-state index in [1.165, 1.54) is 0 Å². The molecule has 0 spiro atoms. The lowest BCUT2D eigenvalue weighted by Gasteiger charge is -2.18. The molecule has 0 heterocycles. The largest absolute Gasteiger partial charge is 0.478 e. The van der Waals surface area contributed by atoms with Crippen LogP contribution in [0.2, 0.25) is 0 Å². The van der Waals surface area contributed by atoms with Crippen LogP contribution in [-0.4, -0.2) is 54.0 Å². The molecule has 0 fully saturated rings. The summed E-state index contributed by atoms with van der Waals surface area (Å²) in [5, 5.41) is 11.5. The zero-order valence-electron chi connectivity index (χ0n) is 14.3.